The molecule has 4 N–H and O–H groups in total. The van der Waals surface area contributed by atoms with Gasteiger partial charge in [-0.15, -0.1) is 0 Å². The van der Waals surface area contributed by atoms with Crippen molar-refractivity contribution in [1.82, 2.24) is 5.32 Å². The molecular formula is C18H23N3O4S. The van der Waals surface area contributed by atoms with Crippen molar-refractivity contribution in [1.29, 1.82) is 0 Å². The summed E-state index contributed by atoms with van der Waals surface area (Å²) in [6.07, 6.45) is 0.659. The van der Waals surface area contributed by atoms with Gasteiger partial charge in [-0.3, -0.25) is 4.79 Å². The van der Waals surface area contributed by atoms with E-state index in [1.54, 1.807) is 19.2 Å². The number of rotatable bonds is 8. The number of hydrogen-bond donors (Lipinski definition) is 3. The molecule has 0 saturated heterocycles. The number of nitrogens with one attached hydrogen (secondary N) is 2. The number of benzene rings is 2. The fourth-order valence-electron chi connectivity index (χ4n) is 2.39. The molecule has 0 aromatic heterocycles. The van der Waals surface area contributed by atoms with Gasteiger partial charge in [0.15, 0.2) is 0 Å². The maximum Gasteiger partial charge on any atom is 0.238 e. The third-order valence-corrected chi connectivity index (χ3v) is 4.69. The molecule has 7 nitrogen and oxygen atoms in total. The lowest BCUT2D eigenvalue weighted by molar-refractivity contribution is -0.115. The first kappa shape index (κ1) is 19.9. The van der Waals surface area contributed by atoms with E-state index in [9.17, 15) is 13.2 Å². The van der Waals surface area contributed by atoms with E-state index in [0.717, 1.165) is 11.1 Å². The lowest BCUT2D eigenvalue weighted by Gasteiger charge is -2.11. The third-order valence-electron chi connectivity index (χ3n) is 3.76. The summed E-state index contributed by atoms with van der Waals surface area (Å²) in [5.74, 6) is 0.442. The summed E-state index contributed by atoms with van der Waals surface area (Å²) in [5.41, 5.74) is 2.61. The summed E-state index contributed by atoms with van der Waals surface area (Å²) in [7, 11) is -2.12. The molecule has 2 rings (SSSR count). The maximum absolute atomic E-state index is 12.0. The van der Waals surface area contributed by atoms with Gasteiger partial charge in [0.25, 0.3) is 0 Å². The Balaban J connectivity index is 1.79. The van der Waals surface area contributed by atoms with E-state index in [1.807, 2.05) is 25.1 Å². The normalized spacial score (nSPS) is 11.2. The monoisotopic (exact) mass is 377 g/mol. The summed E-state index contributed by atoms with van der Waals surface area (Å²) in [4.78, 5) is 12.1. The Morgan fingerprint density at radius 1 is 1.15 bits per heavy atom. The van der Waals surface area contributed by atoms with E-state index >= 15 is 0 Å². The fraction of sp³-hybridized carbons (Fsp3) is 0.278. The highest BCUT2D eigenvalue weighted by molar-refractivity contribution is 7.89. The molecule has 0 radical (unpaired) electrons. The largest absolute Gasteiger partial charge is 0.495 e. The number of ether oxygens (including phenoxy) is 1. The minimum absolute atomic E-state index is 0.0840. The number of carbonyl (C=O) groups is 1. The van der Waals surface area contributed by atoms with Crippen LogP contribution in [0.3, 0.4) is 0 Å². The molecule has 0 saturated carbocycles. The summed E-state index contributed by atoms with van der Waals surface area (Å²) in [6, 6.07) is 11.9. The molecule has 2 aromatic carbocycles. The number of sulfonamides is 1. The highest BCUT2D eigenvalue weighted by Crippen LogP contribution is 2.24. The lowest BCUT2D eigenvalue weighted by Crippen LogP contribution is -2.29. The van der Waals surface area contributed by atoms with Crippen LogP contribution >= 0.6 is 0 Å². The van der Waals surface area contributed by atoms with Crippen LogP contribution < -0.4 is 20.5 Å². The van der Waals surface area contributed by atoms with E-state index in [2.05, 4.69) is 10.6 Å². The van der Waals surface area contributed by atoms with Crippen LogP contribution in [0.2, 0.25) is 0 Å². The highest BCUT2D eigenvalue weighted by Gasteiger charge is 2.08. The van der Waals surface area contributed by atoms with Crippen molar-refractivity contribution < 1.29 is 17.9 Å². The lowest BCUT2D eigenvalue weighted by atomic mass is 10.1. The van der Waals surface area contributed by atoms with Gasteiger partial charge in [0.05, 0.1) is 24.2 Å². The Bertz CT molecular complexity index is 865. The summed E-state index contributed by atoms with van der Waals surface area (Å²) in [5, 5.41) is 10.9. The number of anilines is 1. The van der Waals surface area contributed by atoms with Gasteiger partial charge >= 0.3 is 0 Å². The summed E-state index contributed by atoms with van der Waals surface area (Å²) in [6.45, 7) is 2.67. The van der Waals surface area contributed by atoms with E-state index in [1.165, 1.54) is 12.1 Å². The molecule has 0 fully saturated rings. The molecule has 0 aliphatic carbocycles. The number of amides is 1. The molecule has 8 heteroatoms. The van der Waals surface area contributed by atoms with Gasteiger partial charge < -0.3 is 15.4 Å². The number of nitrogens with two attached hydrogens (primary N) is 1. The predicted molar refractivity (Wildman–Crippen MR) is 101 cm³/mol. The second-order valence-electron chi connectivity index (χ2n) is 5.87. The van der Waals surface area contributed by atoms with Gasteiger partial charge in [0.1, 0.15) is 5.75 Å². The van der Waals surface area contributed by atoms with Crippen LogP contribution in [0.25, 0.3) is 0 Å². The highest BCUT2D eigenvalue weighted by atomic mass is 32.2. The van der Waals surface area contributed by atoms with Crippen molar-refractivity contribution in [2.45, 2.75) is 18.2 Å². The second kappa shape index (κ2) is 8.79. The molecule has 2 aromatic rings. The van der Waals surface area contributed by atoms with Gasteiger partial charge in [0.2, 0.25) is 15.9 Å². The topological polar surface area (TPSA) is 111 Å². The standard InChI is InChI=1S/C18H23N3O4S/c1-13-3-8-17(25-2)16(11-13)21-18(22)12-20-10-9-14-4-6-15(7-5-14)26(19,23)24/h3-8,11,20H,9-10,12H2,1-2H3,(H,21,22)(H2,19,23,24). The number of aryl methyl sites for hydroxylation is 1. The molecule has 140 valence electrons. The molecule has 0 atom stereocenters. The van der Waals surface area contributed by atoms with Crippen molar-refractivity contribution in [3.05, 3.63) is 53.6 Å². The van der Waals surface area contributed by atoms with Crippen LogP contribution in [-0.4, -0.2) is 34.5 Å². The molecule has 0 heterocycles. The first-order valence-corrected chi connectivity index (χ1v) is 9.61. The first-order valence-electron chi connectivity index (χ1n) is 8.06. The maximum atomic E-state index is 12.0. The van der Waals surface area contributed by atoms with Gasteiger partial charge in [-0.05, 0) is 55.3 Å². The molecule has 0 spiro atoms. The third kappa shape index (κ3) is 5.83. The van der Waals surface area contributed by atoms with Crippen molar-refractivity contribution in [2.24, 2.45) is 5.14 Å². The van der Waals surface area contributed by atoms with Crippen LogP contribution in [0.1, 0.15) is 11.1 Å². The van der Waals surface area contributed by atoms with Crippen molar-refractivity contribution >= 4 is 21.6 Å². The molecule has 0 unspecified atom stereocenters. The summed E-state index contributed by atoms with van der Waals surface area (Å²) < 4.78 is 27.6. The zero-order chi connectivity index (χ0) is 19.2. The van der Waals surface area contributed by atoms with Gasteiger partial charge in [0, 0.05) is 0 Å². The van der Waals surface area contributed by atoms with Gasteiger partial charge in [-0.1, -0.05) is 18.2 Å². The SMILES string of the molecule is COc1ccc(C)cc1NC(=O)CNCCc1ccc(S(N)(=O)=O)cc1. The minimum Gasteiger partial charge on any atom is -0.495 e. The number of hydrogen-bond acceptors (Lipinski definition) is 5. The second-order valence-corrected chi connectivity index (χ2v) is 7.43. The molecular weight excluding hydrogens is 354 g/mol. The molecule has 1 amide bonds. The zero-order valence-corrected chi connectivity index (χ0v) is 15.6. The number of primary sulfonamides is 1. The average Bonchev–Trinajstić information content (AvgIpc) is 2.58. The first-order chi connectivity index (χ1) is 12.3. The van der Waals surface area contributed by atoms with Crippen LogP contribution in [0.4, 0.5) is 5.69 Å². The number of carbonyl (C=O) groups excluding carboxylic acids is 1. The van der Waals surface area contributed by atoms with Crippen LogP contribution in [0, 0.1) is 6.92 Å². The fourth-order valence-corrected chi connectivity index (χ4v) is 2.91. The van der Waals surface area contributed by atoms with Crippen LogP contribution in [0.5, 0.6) is 5.75 Å². The smallest absolute Gasteiger partial charge is 0.238 e. The van der Waals surface area contributed by atoms with E-state index < -0.39 is 10.0 Å². The quantitative estimate of drug-likeness (QED) is 0.603. The Labute approximate surface area is 153 Å². The van der Waals surface area contributed by atoms with Crippen molar-refractivity contribution in [2.75, 3.05) is 25.5 Å². The molecule has 0 bridgehead atoms. The van der Waals surface area contributed by atoms with E-state index in [0.29, 0.717) is 24.4 Å². The average molecular weight is 377 g/mol. The van der Waals surface area contributed by atoms with Gasteiger partial charge in [-0.25, -0.2) is 13.6 Å². The Kier molecular flexibility index (Phi) is 6.73. The van der Waals surface area contributed by atoms with Crippen molar-refractivity contribution in [3.8, 4) is 5.75 Å². The van der Waals surface area contributed by atoms with Crippen molar-refractivity contribution in [3.63, 3.8) is 0 Å². The predicted octanol–water partition coefficient (Wildman–Crippen LogP) is 1.42. The molecule has 26 heavy (non-hydrogen) atoms. The zero-order valence-electron chi connectivity index (χ0n) is 14.8. The minimum atomic E-state index is -3.67. The van der Waals surface area contributed by atoms with E-state index in [-0.39, 0.29) is 17.3 Å². The Hall–Kier alpha value is -2.42. The Morgan fingerprint density at radius 3 is 2.46 bits per heavy atom. The Morgan fingerprint density at radius 2 is 1.85 bits per heavy atom. The molecule has 0 aliphatic rings. The van der Waals surface area contributed by atoms with Crippen LogP contribution in [-0.2, 0) is 21.2 Å². The summed E-state index contributed by atoms with van der Waals surface area (Å²) >= 11 is 0. The number of methoxy groups -OCH3 is 1. The molecule has 0 aliphatic heterocycles. The van der Waals surface area contributed by atoms with E-state index in [4.69, 9.17) is 9.88 Å². The van der Waals surface area contributed by atoms with Gasteiger partial charge in [-0.2, -0.15) is 0 Å². The van der Waals surface area contributed by atoms with Crippen LogP contribution in [0.15, 0.2) is 47.4 Å².